The summed E-state index contributed by atoms with van der Waals surface area (Å²) in [4.78, 5) is 8.36. The molecule has 0 radical (unpaired) electrons. The van der Waals surface area contributed by atoms with E-state index in [-0.39, 0.29) is 0 Å². The van der Waals surface area contributed by atoms with E-state index in [2.05, 4.69) is 9.97 Å². The Bertz CT molecular complexity index is 628. The summed E-state index contributed by atoms with van der Waals surface area (Å²) in [5.74, 6) is 1.44. The molecule has 1 aliphatic rings. The Morgan fingerprint density at radius 3 is 2.59 bits per heavy atom. The van der Waals surface area contributed by atoms with E-state index in [4.69, 9.17) is 4.74 Å². The minimum atomic E-state index is -1.20. The van der Waals surface area contributed by atoms with Gasteiger partial charge in [0.15, 0.2) is 11.3 Å². The van der Waals surface area contributed by atoms with E-state index in [1.165, 1.54) is 11.8 Å². The van der Waals surface area contributed by atoms with E-state index in [9.17, 15) is 15.3 Å². The summed E-state index contributed by atoms with van der Waals surface area (Å²) < 4.78 is 5.73. The average Bonchev–Trinajstić information content (AvgIpc) is 2.57. The van der Waals surface area contributed by atoms with Crippen LogP contribution in [0.5, 0.6) is 5.75 Å². The van der Waals surface area contributed by atoms with Crippen LogP contribution in [0, 0.1) is 0 Å². The molecule has 0 amide bonds. The standard InChI is InChI=1S/C15H16N2O4S/c18-11-8-22-15(13(20)12(11)19)21-10-4-1-3-9(7-10)14-16-5-2-6-17-14/h1-7,11-13,15,18-20H,8H2/t11-,12+,13-,15+/m1/s1. The molecule has 4 atom stereocenters. The Balaban J connectivity index is 1.76. The fourth-order valence-electron chi connectivity index (χ4n) is 2.17. The maximum absolute atomic E-state index is 9.98. The van der Waals surface area contributed by atoms with Crippen molar-refractivity contribution in [2.24, 2.45) is 0 Å². The molecule has 0 spiro atoms. The van der Waals surface area contributed by atoms with Gasteiger partial charge in [0.05, 0.1) is 6.10 Å². The second-order valence-electron chi connectivity index (χ2n) is 4.97. The molecule has 116 valence electrons. The maximum atomic E-state index is 9.98. The van der Waals surface area contributed by atoms with Gasteiger partial charge in [0.25, 0.3) is 0 Å². The molecular formula is C15H16N2O4S. The van der Waals surface area contributed by atoms with E-state index < -0.39 is 23.7 Å². The van der Waals surface area contributed by atoms with Crippen LogP contribution in [0.1, 0.15) is 0 Å². The zero-order chi connectivity index (χ0) is 15.5. The van der Waals surface area contributed by atoms with Gasteiger partial charge in [0.1, 0.15) is 18.0 Å². The van der Waals surface area contributed by atoms with Crippen LogP contribution < -0.4 is 4.74 Å². The SMILES string of the molecule is O[C@@H]1[C@@H](O)[C@@H](Oc2cccc(-c3ncccn3)c2)SC[C@H]1O. The number of thioether (sulfide) groups is 1. The van der Waals surface area contributed by atoms with Crippen molar-refractivity contribution in [1.29, 1.82) is 0 Å². The quantitative estimate of drug-likeness (QED) is 0.765. The highest BCUT2D eigenvalue weighted by molar-refractivity contribution is 7.99. The van der Waals surface area contributed by atoms with Crippen LogP contribution in [-0.4, -0.2) is 54.8 Å². The molecule has 1 aromatic heterocycles. The van der Waals surface area contributed by atoms with E-state index in [0.29, 0.717) is 17.3 Å². The van der Waals surface area contributed by atoms with Crippen LogP contribution in [-0.2, 0) is 0 Å². The summed E-state index contributed by atoms with van der Waals surface area (Å²) in [6.45, 7) is 0. The van der Waals surface area contributed by atoms with Crippen molar-refractivity contribution in [3.63, 3.8) is 0 Å². The minimum absolute atomic E-state index is 0.310. The normalized spacial score (nSPS) is 28.3. The summed E-state index contributed by atoms with van der Waals surface area (Å²) in [5.41, 5.74) is 0.166. The third-order valence-electron chi connectivity index (χ3n) is 3.36. The highest BCUT2D eigenvalue weighted by Gasteiger charge is 2.38. The molecule has 7 heteroatoms. The minimum Gasteiger partial charge on any atom is -0.477 e. The Kier molecular flexibility index (Phi) is 4.58. The van der Waals surface area contributed by atoms with Crippen molar-refractivity contribution in [3.05, 3.63) is 42.7 Å². The molecule has 1 aromatic carbocycles. The molecule has 0 saturated carbocycles. The molecule has 3 rings (SSSR count). The third-order valence-corrected chi connectivity index (χ3v) is 4.60. The van der Waals surface area contributed by atoms with Gasteiger partial charge in [-0.2, -0.15) is 0 Å². The van der Waals surface area contributed by atoms with Crippen molar-refractivity contribution in [3.8, 4) is 17.1 Å². The first-order valence-electron chi connectivity index (χ1n) is 6.85. The fourth-order valence-corrected chi connectivity index (χ4v) is 3.30. The first kappa shape index (κ1) is 15.2. The van der Waals surface area contributed by atoms with Crippen LogP contribution in [0.3, 0.4) is 0 Å². The van der Waals surface area contributed by atoms with Gasteiger partial charge in [-0.25, -0.2) is 9.97 Å². The van der Waals surface area contributed by atoms with E-state index in [0.717, 1.165) is 5.56 Å². The van der Waals surface area contributed by atoms with Crippen molar-refractivity contribution < 1.29 is 20.1 Å². The third kappa shape index (κ3) is 3.22. The van der Waals surface area contributed by atoms with E-state index >= 15 is 0 Å². The number of hydrogen-bond acceptors (Lipinski definition) is 7. The maximum Gasteiger partial charge on any atom is 0.173 e. The van der Waals surface area contributed by atoms with Crippen LogP contribution in [0.4, 0.5) is 0 Å². The molecule has 2 aromatic rings. The second kappa shape index (κ2) is 6.62. The van der Waals surface area contributed by atoms with E-state index in [1.807, 2.05) is 12.1 Å². The Labute approximate surface area is 131 Å². The molecule has 0 bridgehead atoms. The molecule has 3 N–H and O–H groups in total. The first-order chi connectivity index (χ1) is 10.6. The number of nitrogens with zero attached hydrogens (tertiary/aromatic N) is 2. The Hall–Kier alpha value is -1.67. The lowest BCUT2D eigenvalue weighted by Crippen LogP contribution is -2.50. The smallest absolute Gasteiger partial charge is 0.173 e. The van der Waals surface area contributed by atoms with Crippen LogP contribution in [0.15, 0.2) is 42.7 Å². The number of aliphatic hydroxyl groups is 3. The number of benzene rings is 1. The van der Waals surface area contributed by atoms with Gasteiger partial charge in [-0.05, 0) is 18.2 Å². The average molecular weight is 320 g/mol. The van der Waals surface area contributed by atoms with Crippen LogP contribution >= 0.6 is 11.8 Å². The van der Waals surface area contributed by atoms with Crippen molar-refractivity contribution in [1.82, 2.24) is 9.97 Å². The number of rotatable bonds is 3. The molecule has 1 saturated heterocycles. The Morgan fingerprint density at radius 2 is 1.82 bits per heavy atom. The zero-order valence-corrected chi connectivity index (χ0v) is 12.4. The fraction of sp³-hybridized carbons (Fsp3) is 0.333. The van der Waals surface area contributed by atoms with Gasteiger partial charge in [-0.1, -0.05) is 12.1 Å². The van der Waals surface area contributed by atoms with Gasteiger partial charge >= 0.3 is 0 Å². The predicted molar refractivity (Wildman–Crippen MR) is 82.4 cm³/mol. The lowest BCUT2D eigenvalue weighted by atomic mass is 10.1. The summed E-state index contributed by atoms with van der Waals surface area (Å²) in [7, 11) is 0. The van der Waals surface area contributed by atoms with E-state index in [1.54, 1.807) is 30.6 Å². The van der Waals surface area contributed by atoms with Crippen LogP contribution in [0.2, 0.25) is 0 Å². The van der Waals surface area contributed by atoms with Crippen molar-refractivity contribution in [2.45, 2.75) is 23.7 Å². The van der Waals surface area contributed by atoms with Crippen molar-refractivity contribution >= 4 is 11.8 Å². The summed E-state index contributed by atoms with van der Waals surface area (Å²) in [5, 5.41) is 29.2. The predicted octanol–water partition coefficient (Wildman–Crippen LogP) is 0.678. The molecule has 1 fully saturated rings. The number of ether oxygens (including phenoxy) is 1. The Morgan fingerprint density at radius 1 is 1.05 bits per heavy atom. The number of aliphatic hydroxyl groups excluding tert-OH is 3. The summed E-state index contributed by atoms with van der Waals surface area (Å²) >= 11 is 1.27. The van der Waals surface area contributed by atoms with Gasteiger partial charge < -0.3 is 20.1 Å². The zero-order valence-electron chi connectivity index (χ0n) is 11.6. The van der Waals surface area contributed by atoms with Gasteiger partial charge in [-0.3, -0.25) is 0 Å². The number of hydrogen-bond donors (Lipinski definition) is 3. The molecule has 0 unspecified atom stereocenters. The lowest BCUT2D eigenvalue weighted by molar-refractivity contribution is -0.0786. The van der Waals surface area contributed by atoms with Gasteiger partial charge in [0.2, 0.25) is 0 Å². The largest absolute Gasteiger partial charge is 0.477 e. The summed E-state index contributed by atoms with van der Waals surface area (Å²) in [6, 6.07) is 8.96. The monoisotopic (exact) mass is 320 g/mol. The second-order valence-corrected chi connectivity index (χ2v) is 6.10. The number of aromatic nitrogens is 2. The molecule has 22 heavy (non-hydrogen) atoms. The molecule has 6 nitrogen and oxygen atoms in total. The molecule has 2 heterocycles. The van der Waals surface area contributed by atoms with Crippen LogP contribution in [0.25, 0.3) is 11.4 Å². The molecule has 1 aliphatic heterocycles. The van der Waals surface area contributed by atoms with Gasteiger partial charge in [0, 0.05) is 23.7 Å². The lowest BCUT2D eigenvalue weighted by Gasteiger charge is -2.34. The topological polar surface area (TPSA) is 95.7 Å². The highest BCUT2D eigenvalue weighted by Crippen LogP contribution is 2.30. The molecule has 0 aliphatic carbocycles. The van der Waals surface area contributed by atoms with Gasteiger partial charge in [-0.15, -0.1) is 11.8 Å². The van der Waals surface area contributed by atoms with Crippen molar-refractivity contribution in [2.75, 3.05) is 5.75 Å². The molecular weight excluding hydrogens is 304 g/mol. The highest BCUT2D eigenvalue weighted by atomic mass is 32.2. The first-order valence-corrected chi connectivity index (χ1v) is 7.90. The summed E-state index contributed by atoms with van der Waals surface area (Å²) in [6.07, 6.45) is 0.0315.